The molecule has 3 aromatic carbocycles. The van der Waals surface area contributed by atoms with E-state index < -0.39 is 17.2 Å². The molecule has 0 bridgehead atoms. The number of carbonyl (C=O) groups is 1. The number of carboxylic acid groups (broad SMARTS) is 1. The van der Waals surface area contributed by atoms with Crippen LogP contribution >= 0.6 is 27.5 Å². The predicted octanol–water partition coefficient (Wildman–Crippen LogP) is 6.18. The SMILES string of the molecule is C[C@@](C(=O)O)(c1cc(F)cc(Br)c1)C1CN([C@@H](c2ccc(Cl)cc2)c2cccc(C#N)c2)C1. The van der Waals surface area contributed by atoms with Gasteiger partial charge in [-0.3, -0.25) is 9.69 Å². The van der Waals surface area contributed by atoms with Crippen LogP contribution < -0.4 is 0 Å². The lowest BCUT2D eigenvalue weighted by atomic mass is 9.67. The largest absolute Gasteiger partial charge is 0.481 e. The molecule has 3 aromatic rings. The molecule has 1 aliphatic heterocycles. The van der Waals surface area contributed by atoms with Crippen LogP contribution in [0.4, 0.5) is 4.39 Å². The zero-order valence-electron chi connectivity index (χ0n) is 17.8. The highest BCUT2D eigenvalue weighted by atomic mass is 79.9. The quantitative estimate of drug-likeness (QED) is 0.416. The smallest absolute Gasteiger partial charge is 0.314 e. The van der Waals surface area contributed by atoms with Gasteiger partial charge in [-0.1, -0.05) is 51.8 Å². The molecular formula is C26H21BrClFN2O2. The maximum absolute atomic E-state index is 14.1. The zero-order valence-corrected chi connectivity index (χ0v) is 20.1. The number of carboxylic acids is 1. The summed E-state index contributed by atoms with van der Waals surface area (Å²) >= 11 is 9.37. The first-order chi connectivity index (χ1) is 15.7. The van der Waals surface area contributed by atoms with Crippen LogP contribution in [0, 0.1) is 23.1 Å². The summed E-state index contributed by atoms with van der Waals surface area (Å²) in [6, 6.07) is 21.3. The molecule has 1 heterocycles. The van der Waals surface area contributed by atoms with E-state index in [0.717, 1.165) is 11.1 Å². The van der Waals surface area contributed by atoms with Gasteiger partial charge in [0.1, 0.15) is 5.82 Å². The molecule has 0 aliphatic carbocycles. The molecule has 0 unspecified atom stereocenters. The second-order valence-corrected chi connectivity index (χ2v) is 9.86. The number of nitriles is 1. The maximum atomic E-state index is 14.1. The van der Waals surface area contributed by atoms with E-state index in [1.807, 2.05) is 42.5 Å². The van der Waals surface area contributed by atoms with Crippen LogP contribution in [0.3, 0.4) is 0 Å². The van der Waals surface area contributed by atoms with Gasteiger partial charge in [-0.15, -0.1) is 0 Å². The Balaban J connectivity index is 1.68. The van der Waals surface area contributed by atoms with Crippen molar-refractivity contribution in [3.05, 3.63) is 104 Å². The minimum atomic E-state index is -1.25. The van der Waals surface area contributed by atoms with Gasteiger partial charge in [0.15, 0.2) is 0 Å². The first-order valence-electron chi connectivity index (χ1n) is 10.4. The third kappa shape index (κ3) is 4.54. The van der Waals surface area contributed by atoms with Crippen molar-refractivity contribution in [1.82, 2.24) is 4.90 Å². The second kappa shape index (κ2) is 9.26. The Bertz CT molecular complexity index is 1220. The van der Waals surface area contributed by atoms with Crippen LogP contribution in [0.5, 0.6) is 0 Å². The summed E-state index contributed by atoms with van der Waals surface area (Å²) < 4.78 is 14.6. The Morgan fingerprint density at radius 3 is 2.48 bits per heavy atom. The lowest BCUT2D eigenvalue weighted by Crippen LogP contribution is -2.59. The second-order valence-electron chi connectivity index (χ2n) is 8.51. The molecule has 0 radical (unpaired) electrons. The first-order valence-corrected chi connectivity index (χ1v) is 11.6. The number of benzene rings is 3. The van der Waals surface area contributed by atoms with Gasteiger partial charge in [-0.05, 0) is 66.1 Å². The van der Waals surface area contributed by atoms with Crippen molar-refractivity contribution in [3.8, 4) is 6.07 Å². The van der Waals surface area contributed by atoms with Gasteiger partial charge in [0.05, 0.1) is 23.1 Å². The molecule has 7 heteroatoms. The highest BCUT2D eigenvalue weighted by Crippen LogP contribution is 2.44. The van der Waals surface area contributed by atoms with Gasteiger partial charge in [0.2, 0.25) is 0 Å². The molecular weight excluding hydrogens is 507 g/mol. The van der Waals surface area contributed by atoms with E-state index >= 15 is 0 Å². The summed E-state index contributed by atoms with van der Waals surface area (Å²) in [6.07, 6.45) is 0. The van der Waals surface area contributed by atoms with Crippen molar-refractivity contribution in [2.24, 2.45) is 5.92 Å². The lowest BCUT2D eigenvalue weighted by Gasteiger charge is -2.50. The number of nitrogens with zero attached hydrogens (tertiary/aromatic N) is 2. The van der Waals surface area contributed by atoms with Crippen molar-refractivity contribution >= 4 is 33.5 Å². The van der Waals surface area contributed by atoms with E-state index in [0.29, 0.717) is 33.7 Å². The number of halogens is 3. The van der Waals surface area contributed by atoms with Crippen LogP contribution in [-0.4, -0.2) is 29.1 Å². The monoisotopic (exact) mass is 526 g/mol. The van der Waals surface area contributed by atoms with Crippen LogP contribution in [0.2, 0.25) is 5.02 Å². The molecule has 1 fully saturated rings. The highest BCUT2D eigenvalue weighted by Gasteiger charge is 2.50. The van der Waals surface area contributed by atoms with Crippen LogP contribution in [-0.2, 0) is 10.2 Å². The molecule has 33 heavy (non-hydrogen) atoms. The van der Waals surface area contributed by atoms with E-state index in [9.17, 15) is 19.6 Å². The standard InChI is InChI=1S/C26H21BrClFN2O2/c1-26(25(32)33,19-10-21(27)12-23(29)11-19)20-14-31(15-20)24(17-5-7-22(28)8-6-17)18-4-2-3-16(9-18)13-30/h2-12,20,24H,14-15H2,1H3,(H,32,33)/t24-,26+/m0/s1. The fraction of sp³-hybridized carbons (Fsp3) is 0.231. The summed E-state index contributed by atoms with van der Waals surface area (Å²) in [6.45, 7) is 2.66. The fourth-order valence-corrected chi connectivity index (χ4v) is 5.10. The number of likely N-dealkylation sites (tertiary alicyclic amines) is 1. The zero-order chi connectivity index (χ0) is 23.8. The van der Waals surface area contributed by atoms with Crippen molar-refractivity contribution in [2.75, 3.05) is 13.1 Å². The third-order valence-corrected chi connectivity index (χ3v) is 7.22. The molecule has 168 valence electrons. The van der Waals surface area contributed by atoms with Crippen molar-refractivity contribution in [3.63, 3.8) is 0 Å². The maximum Gasteiger partial charge on any atom is 0.314 e. The van der Waals surface area contributed by atoms with Crippen LogP contribution in [0.15, 0.2) is 71.2 Å². The van der Waals surface area contributed by atoms with Gasteiger partial charge >= 0.3 is 5.97 Å². The third-order valence-electron chi connectivity index (χ3n) is 6.52. The first kappa shape index (κ1) is 23.4. The molecule has 4 rings (SSSR count). The normalized spacial score (nSPS) is 16.9. The highest BCUT2D eigenvalue weighted by molar-refractivity contribution is 9.10. The van der Waals surface area contributed by atoms with E-state index in [-0.39, 0.29) is 12.0 Å². The van der Waals surface area contributed by atoms with E-state index in [2.05, 4.69) is 26.9 Å². The number of aliphatic carboxylic acids is 1. The summed E-state index contributed by atoms with van der Waals surface area (Å²) in [5.41, 5.74) is 1.68. The summed E-state index contributed by atoms with van der Waals surface area (Å²) in [5, 5.41) is 20.1. The molecule has 0 saturated carbocycles. The van der Waals surface area contributed by atoms with Crippen molar-refractivity contribution in [1.29, 1.82) is 5.26 Å². The summed E-state index contributed by atoms with van der Waals surface area (Å²) in [4.78, 5) is 14.6. The minimum Gasteiger partial charge on any atom is -0.481 e. The van der Waals surface area contributed by atoms with Gasteiger partial charge in [-0.2, -0.15) is 5.26 Å². The molecule has 1 saturated heterocycles. The van der Waals surface area contributed by atoms with Crippen molar-refractivity contribution in [2.45, 2.75) is 18.4 Å². The summed E-state index contributed by atoms with van der Waals surface area (Å²) in [7, 11) is 0. The molecule has 1 N–H and O–H groups in total. The van der Waals surface area contributed by atoms with Crippen LogP contribution in [0.1, 0.15) is 35.2 Å². The van der Waals surface area contributed by atoms with E-state index in [1.165, 1.54) is 12.1 Å². The number of hydrogen-bond acceptors (Lipinski definition) is 3. The Kier molecular flexibility index (Phi) is 6.58. The fourth-order valence-electron chi connectivity index (χ4n) is 4.51. The number of hydrogen-bond donors (Lipinski definition) is 1. The molecule has 4 nitrogen and oxygen atoms in total. The van der Waals surface area contributed by atoms with Gasteiger partial charge in [0, 0.05) is 28.5 Å². The molecule has 1 aliphatic rings. The Morgan fingerprint density at radius 2 is 1.88 bits per heavy atom. The number of rotatable bonds is 6. The van der Waals surface area contributed by atoms with Gasteiger partial charge < -0.3 is 5.11 Å². The summed E-state index contributed by atoms with van der Waals surface area (Å²) in [5.74, 6) is -1.69. The Hall–Kier alpha value is -2.72. The average molecular weight is 528 g/mol. The van der Waals surface area contributed by atoms with E-state index in [1.54, 1.807) is 19.1 Å². The topological polar surface area (TPSA) is 64.3 Å². The molecule has 0 spiro atoms. The van der Waals surface area contributed by atoms with Gasteiger partial charge in [0.25, 0.3) is 0 Å². The Labute approximate surface area is 205 Å². The predicted molar refractivity (Wildman–Crippen MR) is 129 cm³/mol. The van der Waals surface area contributed by atoms with Crippen LogP contribution in [0.25, 0.3) is 0 Å². The molecule has 2 atom stereocenters. The average Bonchev–Trinajstić information content (AvgIpc) is 2.75. The van der Waals surface area contributed by atoms with Crippen molar-refractivity contribution < 1.29 is 14.3 Å². The molecule has 0 aromatic heterocycles. The van der Waals surface area contributed by atoms with E-state index in [4.69, 9.17) is 11.6 Å². The Morgan fingerprint density at radius 1 is 1.18 bits per heavy atom. The van der Waals surface area contributed by atoms with Gasteiger partial charge in [-0.25, -0.2) is 4.39 Å². The molecule has 0 amide bonds. The minimum absolute atomic E-state index is 0.163. The lowest BCUT2D eigenvalue weighted by molar-refractivity contribution is -0.149.